The zero-order valence-corrected chi connectivity index (χ0v) is 32.2. The van der Waals surface area contributed by atoms with Gasteiger partial charge in [0.05, 0.1) is 6.04 Å². The van der Waals surface area contributed by atoms with Gasteiger partial charge in [-0.25, -0.2) is 9.67 Å². The summed E-state index contributed by atoms with van der Waals surface area (Å²) in [6, 6.07) is 8.60. The number of carbonyl (C=O) groups is 5. The molecule has 15 heteroatoms. The molecule has 5 amide bonds. The van der Waals surface area contributed by atoms with Crippen molar-refractivity contribution in [1.82, 2.24) is 45.8 Å². The monoisotopic (exact) mass is 745 g/mol. The SMILES string of the molecule is CCc1oc(C(=O)N2CCCC(=O)N[C@@H](C)C(=O)N[C@H](Cc3ccccc3)C(=O)N[C@@H](C(C)C)c3nc(C)nn3CC(=O)NCC2)cc1CN1CCCC1. The zero-order valence-electron chi connectivity index (χ0n) is 32.2. The quantitative estimate of drug-likeness (QED) is 0.282. The van der Waals surface area contributed by atoms with Gasteiger partial charge in [0.25, 0.3) is 5.91 Å². The van der Waals surface area contributed by atoms with E-state index in [0.717, 1.165) is 49.4 Å². The van der Waals surface area contributed by atoms with E-state index in [1.165, 1.54) is 4.68 Å². The van der Waals surface area contributed by atoms with E-state index in [9.17, 15) is 24.0 Å². The lowest BCUT2D eigenvalue weighted by Crippen LogP contribution is -2.54. The largest absolute Gasteiger partial charge is 0.456 e. The van der Waals surface area contributed by atoms with Gasteiger partial charge in [-0.05, 0) is 63.7 Å². The fourth-order valence-corrected chi connectivity index (χ4v) is 6.95. The number of fused-ring (bicyclic) bond motifs is 1. The lowest BCUT2D eigenvalue weighted by Gasteiger charge is -2.27. The first-order valence-electron chi connectivity index (χ1n) is 19.2. The smallest absolute Gasteiger partial charge is 0.289 e. The third-order valence-electron chi connectivity index (χ3n) is 9.87. The highest BCUT2D eigenvalue weighted by atomic mass is 16.4. The fourth-order valence-electron chi connectivity index (χ4n) is 6.95. The van der Waals surface area contributed by atoms with E-state index in [1.807, 2.05) is 57.2 Å². The molecule has 1 fully saturated rings. The van der Waals surface area contributed by atoms with Crippen LogP contribution in [0.15, 0.2) is 40.8 Å². The number of carbonyl (C=O) groups excluding carboxylic acids is 5. The number of hydrogen-bond acceptors (Lipinski definition) is 9. The molecular weight excluding hydrogens is 690 g/mol. The lowest BCUT2D eigenvalue weighted by molar-refractivity contribution is -0.132. The second kappa shape index (κ2) is 18.8. The van der Waals surface area contributed by atoms with E-state index in [2.05, 4.69) is 36.2 Å². The van der Waals surface area contributed by atoms with Crippen LogP contribution in [0.3, 0.4) is 0 Å². The molecule has 292 valence electrons. The van der Waals surface area contributed by atoms with Gasteiger partial charge >= 0.3 is 0 Å². The molecule has 15 nitrogen and oxygen atoms in total. The van der Waals surface area contributed by atoms with Crippen molar-refractivity contribution >= 4 is 29.5 Å². The Morgan fingerprint density at radius 1 is 0.944 bits per heavy atom. The van der Waals surface area contributed by atoms with Gasteiger partial charge in [0.15, 0.2) is 11.6 Å². The summed E-state index contributed by atoms with van der Waals surface area (Å²) < 4.78 is 7.57. The molecule has 0 unspecified atom stereocenters. The standard InChI is InChI=1S/C39H55N9O6/c1-6-31-29(23-46-17-10-11-18-46)22-32(54-31)39(53)47-19-12-15-33(49)41-26(4)37(51)43-30(21-28-13-8-7-9-14-28)38(52)44-35(25(2)3)36-42-27(5)45-48(36)24-34(50)40-16-20-47/h7-9,13-14,22,25-26,30,35H,6,10-12,15-21,23-24H2,1-5H3,(H,40,50)(H,41,49)(H,43,51)(H,44,52)/t26-,30+,35-/m0/s1. The Balaban J connectivity index is 1.38. The van der Waals surface area contributed by atoms with Crippen molar-refractivity contribution in [3.05, 3.63) is 70.7 Å². The molecule has 0 saturated carbocycles. The van der Waals surface area contributed by atoms with Gasteiger partial charge in [0, 0.05) is 51.0 Å². The molecule has 54 heavy (non-hydrogen) atoms. The number of hydrogen-bond donors (Lipinski definition) is 4. The molecule has 2 aliphatic heterocycles. The fraction of sp³-hybridized carbons (Fsp3) is 0.564. The van der Waals surface area contributed by atoms with Gasteiger partial charge < -0.3 is 30.6 Å². The van der Waals surface area contributed by atoms with Crippen molar-refractivity contribution in [2.45, 2.75) is 104 Å². The Morgan fingerprint density at radius 3 is 2.39 bits per heavy atom. The van der Waals surface area contributed by atoms with Crippen LogP contribution < -0.4 is 21.3 Å². The van der Waals surface area contributed by atoms with Crippen LogP contribution >= 0.6 is 0 Å². The van der Waals surface area contributed by atoms with Crippen molar-refractivity contribution in [3.63, 3.8) is 0 Å². The average Bonchev–Trinajstić information content (AvgIpc) is 3.89. The number of benzene rings is 1. The molecule has 0 bridgehead atoms. The Hall–Kier alpha value is -5.05. The maximum absolute atomic E-state index is 13.9. The van der Waals surface area contributed by atoms with Crippen LogP contribution in [0.5, 0.6) is 0 Å². The molecule has 3 atom stereocenters. The summed E-state index contributed by atoms with van der Waals surface area (Å²) in [5.41, 5.74) is 1.83. The molecule has 4 heterocycles. The molecule has 4 N–H and O–H groups in total. The predicted octanol–water partition coefficient (Wildman–Crippen LogP) is 2.44. The van der Waals surface area contributed by atoms with Gasteiger partial charge in [-0.15, -0.1) is 0 Å². The number of furan rings is 1. The first kappa shape index (κ1) is 40.1. The van der Waals surface area contributed by atoms with Gasteiger partial charge in [-0.3, -0.25) is 28.9 Å². The summed E-state index contributed by atoms with van der Waals surface area (Å²) in [5, 5.41) is 16.0. The molecule has 2 aromatic heterocycles. The molecule has 0 radical (unpaired) electrons. The summed E-state index contributed by atoms with van der Waals surface area (Å²) in [4.78, 5) is 76.2. The van der Waals surface area contributed by atoms with Crippen LogP contribution in [0.2, 0.25) is 0 Å². The van der Waals surface area contributed by atoms with E-state index in [4.69, 9.17) is 4.42 Å². The Morgan fingerprint density at radius 2 is 1.69 bits per heavy atom. The van der Waals surface area contributed by atoms with E-state index in [-0.39, 0.29) is 68.4 Å². The van der Waals surface area contributed by atoms with Crippen molar-refractivity contribution in [3.8, 4) is 0 Å². The minimum absolute atomic E-state index is 0.0464. The topological polar surface area (TPSA) is 184 Å². The van der Waals surface area contributed by atoms with E-state index in [1.54, 1.807) is 18.7 Å². The number of rotatable bonds is 7. The Labute approximate surface area is 317 Å². The number of likely N-dealkylation sites (tertiary alicyclic amines) is 1. The van der Waals surface area contributed by atoms with Crippen molar-refractivity contribution in [1.29, 1.82) is 0 Å². The van der Waals surface area contributed by atoms with Gasteiger partial charge in [0.1, 0.15) is 30.2 Å². The Bertz CT molecular complexity index is 1760. The zero-order chi connectivity index (χ0) is 38.8. The third-order valence-corrected chi connectivity index (χ3v) is 9.87. The van der Waals surface area contributed by atoms with Gasteiger partial charge in [-0.2, -0.15) is 5.10 Å². The molecule has 1 saturated heterocycles. The number of amides is 5. The average molecular weight is 746 g/mol. The molecule has 0 spiro atoms. The normalized spacial score (nSPS) is 21.6. The van der Waals surface area contributed by atoms with Crippen molar-refractivity contribution in [2.24, 2.45) is 5.92 Å². The molecule has 0 aliphatic carbocycles. The number of nitrogens with one attached hydrogen (secondary N) is 4. The predicted molar refractivity (Wildman–Crippen MR) is 201 cm³/mol. The maximum atomic E-state index is 13.9. The number of nitrogens with zero attached hydrogens (tertiary/aromatic N) is 5. The third kappa shape index (κ3) is 10.8. The first-order valence-corrected chi connectivity index (χ1v) is 19.2. The molecular formula is C39H55N9O6. The minimum Gasteiger partial charge on any atom is -0.456 e. The highest BCUT2D eigenvalue weighted by molar-refractivity contribution is 5.93. The van der Waals surface area contributed by atoms with E-state index in [0.29, 0.717) is 24.5 Å². The summed E-state index contributed by atoms with van der Waals surface area (Å²) in [6.45, 7) is 12.2. The summed E-state index contributed by atoms with van der Waals surface area (Å²) >= 11 is 0. The number of aryl methyl sites for hydroxylation is 2. The molecule has 1 aromatic carbocycles. The first-order chi connectivity index (χ1) is 25.9. The molecule has 5 rings (SSSR count). The van der Waals surface area contributed by atoms with E-state index >= 15 is 0 Å². The molecule has 3 aromatic rings. The van der Waals surface area contributed by atoms with Crippen molar-refractivity contribution in [2.75, 3.05) is 32.7 Å². The van der Waals surface area contributed by atoms with Crippen LogP contribution in [-0.4, -0.2) is 98.9 Å². The maximum Gasteiger partial charge on any atom is 0.289 e. The Kier molecular flexibility index (Phi) is 14.0. The summed E-state index contributed by atoms with van der Waals surface area (Å²) in [7, 11) is 0. The van der Waals surface area contributed by atoms with Crippen LogP contribution in [0, 0.1) is 12.8 Å². The van der Waals surface area contributed by atoms with Gasteiger partial charge in [0.2, 0.25) is 23.6 Å². The van der Waals surface area contributed by atoms with Crippen LogP contribution in [0.25, 0.3) is 0 Å². The minimum atomic E-state index is -0.975. The number of aromatic nitrogens is 3. The highest BCUT2D eigenvalue weighted by Gasteiger charge is 2.31. The van der Waals surface area contributed by atoms with Crippen molar-refractivity contribution < 1.29 is 28.4 Å². The van der Waals surface area contributed by atoms with E-state index < -0.39 is 29.9 Å². The summed E-state index contributed by atoms with van der Waals surface area (Å²) in [6.07, 6.45) is 3.52. The lowest BCUT2D eigenvalue weighted by atomic mass is 10.0. The van der Waals surface area contributed by atoms with Crippen LogP contribution in [-0.2, 0) is 45.1 Å². The second-order valence-corrected chi connectivity index (χ2v) is 14.6. The van der Waals surface area contributed by atoms with Crippen LogP contribution in [0.1, 0.15) is 98.5 Å². The highest BCUT2D eigenvalue weighted by Crippen LogP contribution is 2.23. The summed E-state index contributed by atoms with van der Waals surface area (Å²) in [5.74, 6) is -0.320. The second-order valence-electron chi connectivity index (χ2n) is 14.6. The van der Waals surface area contributed by atoms with Crippen LogP contribution in [0.4, 0.5) is 0 Å². The van der Waals surface area contributed by atoms with Gasteiger partial charge in [-0.1, -0.05) is 51.1 Å². The molecule has 2 aliphatic rings.